The van der Waals surface area contributed by atoms with Gasteiger partial charge in [-0.15, -0.1) is 0 Å². The van der Waals surface area contributed by atoms with Gasteiger partial charge in [-0.1, -0.05) is 30.3 Å². The van der Waals surface area contributed by atoms with Gasteiger partial charge in [0.05, 0.1) is 23.6 Å². The lowest BCUT2D eigenvalue weighted by molar-refractivity contribution is -0.144. The first-order valence-electron chi connectivity index (χ1n) is 8.14. The van der Waals surface area contributed by atoms with E-state index in [1.165, 1.54) is 0 Å². The number of nitrogens with zero attached hydrogens (tertiary/aromatic N) is 1. The number of carbonyl (C=O) groups is 2. The van der Waals surface area contributed by atoms with Crippen molar-refractivity contribution < 1.29 is 35.9 Å². The molecule has 2 aromatic rings. The average Bonchev–Trinajstić information content (AvgIpc) is 2.89. The Morgan fingerprint density at radius 2 is 1.39 bits per heavy atom. The standard InChI is InChI=1S/C19H13F6NO2/c20-18(21,22)13-6-12(7-14(8-13)19(23,24)25)15-9-16(27)26(17(15)28)10-11-4-2-1-3-5-11/h1-8,15H,9-10H2/t15-/m1/s1. The predicted octanol–water partition coefficient (Wildman–Crippen LogP) is 4.77. The van der Waals surface area contributed by atoms with E-state index >= 15 is 0 Å². The van der Waals surface area contributed by atoms with Crippen molar-refractivity contribution in [1.29, 1.82) is 0 Å². The monoisotopic (exact) mass is 401 g/mol. The molecule has 0 saturated carbocycles. The highest BCUT2D eigenvalue weighted by atomic mass is 19.4. The molecule has 0 unspecified atom stereocenters. The molecule has 0 radical (unpaired) electrons. The third kappa shape index (κ3) is 4.02. The third-order valence-corrected chi connectivity index (χ3v) is 4.44. The summed E-state index contributed by atoms with van der Waals surface area (Å²) in [7, 11) is 0. The largest absolute Gasteiger partial charge is 0.416 e. The Balaban J connectivity index is 1.97. The first-order valence-corrected chi connectivity index (χ1v) is 8.14. The quantitative estimate of drug-likeness (QED) is 0.549. The molecule has 3 nitrogen and oxygen atoms in total. The molecular formula is C19H13F6NO2. The van der Waals surface area contributed by atoms with Crippen LogP contribution in [-0.4, -0.2) is 16.7 Å². The van der Waals surface area contributed by atoms with Gasteiger partial charge in [0.2, 0.25) is 11.8 Å². The average molecular weight is 401 g/mol. The zero-order valence-corrected chi connectivity index (χ0v) is 14.1. The van der Waals surface area contributed by atoms with Crippen LogP contribution in [0, 0.1) is 0 Å². The molecule has 148 valence electrons. The molecule has 0 aromatic heterocycles. The van der Waals surface area contributed by atoms with E-state index in [-0.39, 0.29) is 12.6 Å². The summed E-state index contributed by atoms with van der Waals surface area (Å²) >= 11 is 0. The molecule has 0 spiro atoms. The number of likely N-dealkylation sites (tertiary alicyclic amines) is 1. The molecule has 0 bridgehead atoms. The molecule has 2 aromatic carbocycles. The number of rotatable bonds is 3. The smallest absolute Gasteiger partial charge is 0.278 e. The molecule has 28 heavy (non-hydrogen) atoms. The Kier molecular flexibility index (Phi) is 4.95. The van der Waals surface area contributed by atoms with E-state index in [1.807, 2.05) is 0 Å². The molecule has 1 atom stereocenters. The summed E-state index contributed by atoms with van der Waals surface area (Å²) in [6, 6.07) is 9.38. The van der Waals surface area contributed by atoms with E-state index in [0.717, 1.165) is 4.90 Å². The minimum atomic E-state index is -5.02. The summed E-state index contributed by atoms with van der Waals surface area (Å²) < 4.78 is 78.2. The zero-order chi connectivity index (χ0) is 20.7. The molecule has 1 saturated heterocycles. The number of amides is 2. The van der Waals surface area contributed by atoms with E-state index in [2.05, 4.69) is 0 Å². The van der Waals surface area contributed by atoms with Crippen LogP contribution >= 0.6 is 0 Å². The summed E-state index contributed by atoms with van der Waals surface area (Å²) in [5.41, 5.74) is -2.89. The van der Waals surface area contributed by atoms with Gasteiger partial charge in [-0.3, -0.25) is 14.5 Å². The highest BCUT2D eigenvalue weighted by Crippen LogP contribution is 2.40. The van der Waals surface area contributed by atoms with Crippen LogP contribution in [0.15, 0.2) is 48.5 Å². The third-order valence-electron chi connectivity index (χ3n) is 4.44. The van der Waals surface area contributed by atoms with Gasteiger partial charge >= 0.3 is 12.4 Å². The summed E-state index contributed by atoms with van der Waals surface area (Å²) in [6.45, 7) is -0.0971. The van der Waals surface area contributed by atoms with Gasteiger partial charge in [-0.05, 0) is 29.3 Å². The number of halogens is 6. The Labute approximate surface area is 155 Å². The summed E-state index contributed by atoms with van der Waals surface area (Å²) in [5, 5.41) is 0. The minimum Gasteiger partial charge on any atom is -0.278 e. The summed E-state index contributed by atoms with van der Waals surface area (Å²) in [5.74, 6) is -2.86. The van der Waals surface area contributed by atoms with Crippen LogP contribution in [0.1, 0.15) is 34.6 Å². The van der Waals surface area contributed by atoms with Gasteiger partial charge in [-0.25, -0.2) is 0 Å². The normalized spacial score (nSPS) is 18.1. The number of imide groups is 1. The van der Waals surface area contributed by atoms with Crippen molar-refractivity contribution in [3.05, 3.63) is 70.8 Å². The maximum Gasteiger partial charge on any atom is 0.416 e. The van der Waals surface area contributed by atoms with Gasteiger partial charge in [0.15, 0.2) is 0 Å². The summed E-state index contributed by atoms with van der Waals surface area (Å²) in [4.78, 5) is 25.6. The van der Waals surface area contributed by atoms with E-state index in [9.17, 15) is 35.9 Å². The lowest BCUT2D eigenvalue weighted by Gasteiger charge is -2.18. The number of hydrogen-bond acceptors (Lipinski definition) is 2. The first-order chi connectivity index (χ1) is 13.0. The molecular weight excluding hydrogens is 388 g/mol. The topological polar surface area (TPSA) is 37.4 Å². The van der Waals surface area contributed by atoms with Gasteiger partial charge in [0, 0.05) is 6.42 Å². The second-order valence-corrected chi connectivity index (χ2v) is 6.40. The van der Waals surface area contributed by atoms with Crippen molar-refractivity contribution in [3.8, 4) is 0 Å². The van der Waals surface area contributed by atoms with E-state index in [4.69, 9.17) is 0 Å². The fraction of sp³-hybridized carbons (Fsp3) is 0.263. The molecule has 1 heterocycles. The molecule has 1 fully saturated rings. The summed E-state index contributed by atoms with van der Waals surface area (Å²) in [6.07, 6.45) is -10.5. The van der Waals surface area contributed by atoms with Crippen LogP contribution < -0.4 is 0 Å². The molecule has 0 N–H and O–H groups in total. The van der Waals surface area contributed by atoms with Crippen LogP contribution in [0.25, 0.3) is 0 Å². The molecule has 1 aliphatic heterocycles. The molecule has 9 heteroatoms. The predicted molar refractivity (Wildman–Crippen MR) is 85.8 cm³/mol. The number of hydrogen-bond donors (Lipinski definition) is 0. The fourth-order valence-electron chi connectivity index (χ4n) is 3.06. The number of benzene rings is 2. The molecule has 1 aliphatic rings. The fourth-order valence-corrected chi connectivity index (χ4v) is 3.06. The maximum atomic E-state index is 13.0. The lowest BCUT2D eigenvalue weighted by atomic mass is 9.93. The van der Waals surface area contributed by atoms with E-state index in [0.29, 0.717) is 17.7 Å². The van der Waals surface area contributed by atoms with Crippen molar-refractivity contribution in [3.63, 3.8) is 0 Å². The Bertz CT molecular complexity index is 873. The first kappa shape index (κ1) is 19.9. The second kappa shape index (κ2) is 6.96. The van der Waals surface area contributed by atoms with Gasteiger partial charge in [0.1, 0.15) is 0 Å². The van der Waals surface area contributed by atoms with Crippen LogP contribution in [-0.2, 0) is 28.5 Å². The highest BCUT2D eigenvalue weighted by molar-refractivity contribution is 6.06. The second-order valence-electron chi connectivity index (χ2n) is 6.40. The minimum absolute atomic E-state index is 0.00745. The molecule has 3 rings (SSSR count). The molecule has 2 amide bonds. The van der Waals surface area contributed by atoms with Gasteiger partial charge in [0.25, 0.3) is 0 Å². The molecule has 0 aliphatic carbocycles. The van der Waals surface area contributed by atoms with E-state index < -0.39 is 53.2 Å². The van der Waals surface area contributed by atoms with Crippen LogP contribution in [0.5, 0.6) is 0 Å². The van der Waals surface area contributed by atoms with Crippen LogP contribution in [0.2, 0.25) is 0 Å². The van der Waals surface area contributed by atoms with Crippen LogP contribution in [0.3, 0.4) is 0 Å². The Morgan fingerprint density at radius 1 is 0.857 bits per heavy atom. The van der Waals surface area contributed by atoms with Crippen molar-refractivity contribution in [2.75, 3.05) is 0 Å². The van der Waals surface area contributed by atoms with Crippen molar-refractivity contribution in [2.24, 2.45) is 0 Å². The van der Waals surface area contributed by atoms with Crippen molar-refractivity contribution in [1.82, 2.24) is 4.90 Å². The number of carbonyl (C=O) groups excluding carboxylic acids is 2. The Morgan fingerprint density at radius 3 is 1.89 bits per heavy atom. The van der Waals surface area contributed by atoms with Gasteiger partial charge in [-0.2, -0.15) is 26.3 Å². The Hall–Kier alpha value is -2.84. The number of alkyl halides is 6. The highest BCUT2D eigenvalue weighted by Gasteiger charge is 2.42. The van der Waals surface area contributed by atoms with Gasteiger partial charge < -0.3 is 0 Å². The lowest BCUT2D eigenvalue weighted by Crippen LogP contribution is -2.29. The zero-order valence-electron chi connectivity index (χ0n) is 14.1. The maximum absolute atomic E-state index is 13.0. The van der Waals surface area contributed by atoms with Crippen LogP contribution in [0.4, 0.5) is 26.3 Å². The van der Waals surface area contributed by atoms with E-state index in [1.54, 1.807) is 30.3 Å². The SMILES string of the molecule is O=C1C[C@H](c2cc(C(F)(F)F)cc(C(F)(F)F)c2)C(=O)N1Cc1ccccc1. The van der Waals surface area contributed by atoms with Crippen molar-refractivity contribution in [2.45, 2.75) is 31.2 Å². The van der Waals surface area contributed by atoms with Crippen molar-refractivity contribution >= 4 is 11.8 Å².